The van der Waals surface area contributed by atoms with E-state index in [-0.39, 0.29) is 24.8 Å². The highest BCUT2D eigenvalue weighted by Crippen LogP contribution is 2.59. The Morgan fingerprint density at radius 2 is 1.38 bits per heavy atom. The van der Waals surface area contributed by atoms with Crippen molar-refractivity contribution in [3.05, 3.63) is 125 Å². The van der Waals surface area contributed by atoms with Gasteiger partial charge in [-0.2, -0.15) is 0 Å². The molecule has 0 saturated heterocycles. The predicted molar refractivity (Wildman–Crippen MR) is 151 cm³/mol. The first-order valence-corrected chi connectivity index (χ1v) is 14.4. The van der Waals surface area contributed by atoms with Gasteiger partial charge in [0.25, 0.3) is 0 Å². The van der Waals surface area contributed by atoms with Crippen LogP contribution in [-0.4, -0.2) is 18.7 Å². The summed E-state index contributed by atoms with van der Waals surface area (Å²) in [5.41, 5.74) is 0.856. The summed E-state index contributed by atoms with van der Waals surface area (Å²) in [6.45, 7) is 5.22. The third-order valence-electron chi connectivity index (χ3n) is 7.46. The molecule has 1 atom stereocenters. The Morgan fingerprint density at radius 3 is 1.93 bits per heavy atom. The van der Waals surface area contributed by atoms with E-state index in [2.05, 4.69) is 0 Å². The van der Waals surface area contributed by atoms with Crippen molar-refractivity contribution in [2.24, 2.45) is 5.41 Å². The van der Waals surface area contributed by atoms with Crippen molar-refractivity contribution in [3.63, 3.8) is 0 Å². The summed E-state index contributed by atoms with van der Waals surface area (Å²) in [6, 6.07) is 23.5. The molecule has 1 unspecified atom stereocenters. The number of hydrogen-bond acceptors (Lipinski definition) is 7. The minimum atomic E-state index is -4.39. The van der Waals surface area contributed by atoms with Gasteiger partial charge in [-0.05, 0) is 61.7 Å². The lowest BCUT2D eigenvalue weighted by Gasteiger charge is -2.45. The zero-order valence-electron chi connectivity index (χ0n) is 22.9. The molecule has 0 spiro atoms. The first-order valence-electron chi connectivity index (χ1n) is 13.0. The smallest absolute Gasteiger partial charge is 0.497 e. The number of fused-ring (bicyclic) bond motifs is 3. The average molecular weight is 559 g/mol. The monoisotopic (exact) mass is 558 g/mol. The fraction of sp³-hybridized carbons (Fsp3) is 0.250. The van der Waals surface area contributed by atoms with Crippen molar-refractivity contribution < 1.29 is 32.5 Å². The van der Waals surface area contributed by atoms with Crippen LogP contribution in [0.2, 0.25) is 0 Å². The van der Waals surface area contributed by atoms with Crippen molar-refractivity contribution >= 4 is 19.4 Å². The standard InChI is InChI=1S/C32H31O7P/c1-31(2)27(33)17-18-32(3)26-19-24(36-4)15-16-25(26)28(34)29(30(31)32)39-40(35,37-20-22-11-7-5-8-12-22)38-21-23-13-9-6-10-14-23/h5-19H,20-21H2,1-4H3. The van der Waals surface area contributed by atoms with E-state index in [1.807, 2.05) is 67.6 Å². The summed E-state index contributed by atoms with van der Waals surface area (Å²) in [6.07, 6.45) is 3.28. The molecule has 5 rings (SSSR count). The molecule has 0 saturated carbocycles. The number of rotatable bonds is 9. The van der Waals surface area contributed by atoms with Gasteiger partial charge in [-0.25, -0.2) is 4.57 Å². The largest absolute Gasteiger partial charge is 0.530 e. The fourth-order valence-corrected chi connectivity index (χ4v) is 6.50. The molecule has 0 amide bonds. The molecular formula is C32H31O7P. The van der Waals surface area contributed by atoms with Crippen LogP contribution in [-0.2, 0) is 41.6 Å². The predicted octanol–water partition coefficient (Wildman–Crippen LogP) is 7.13. The van der Waals surface area contributed by atoms with Crippen molar-refractivity contribution in [1.82, 2.24) is 0 Å². The van der Waals surface area contributed by atoms with Crippen LogP contribution >= 0.6 is 7.82 Å². The Bertz CT molecular complexity index is 1510. The van der Waals surface area contributed by atoms with Crippen molar-refractivity contribution in [2.75, 3.05) is 7.11 Å². The van der Waals surface area contributed by atoms with Crippen LogP contribution in [0.5, 0.6) is 5.75 Å². The number of methoxy groups -OCH3 is 1. The van der Waals surface area contributed by atoms with Crippen molar-refractivity contribution in [1.29, 1.82) is 0 Å². The number of carbonyl (C=O) groups excluding carboxylic acids is 2. The quantitative estimate of drug-likeness (QED) is 0.258. The van der Waals surface area contributed by atoms with Gasteiger partial charge in [0.05, 0.1) is 25.7 Å². The molecule has 2 aliphatic carbocycles. The second-order valence-electron chi connectivity index (χ2n) is 10.5. The Balaban J connectivity index is 1.61. The van der Waals surface area contributed by atoms with Gasteiger partial charge in [0.15, 0.2) is 11.5 Å². The van der Waals surface area contributed by atoms with Crippen LogP contribution in [0.4, 0.5) is 0 Å². The van der Waals surface area contributed by atoms with Crippen molar-refractivity contribution in [2.45, 2.75) is 39.4 Å². The van der Waals surface area contributed by atoms with Crippen LogP contribution in [0.1, 0.15) is 47.8 Å². The number of ketones is 2. The Kier molecular flexibility index (Phi) is 7.40. The number of phosphoric acid groups is 1. The highest BCUT2D eigenvalue weighted by Gasteiger charge is 2.53. The van der Waals surface area contributed by atoms with E-state index in [9.17, 15) is 14.2 Å². The molecule has 3 aromatic carbocycles. The zero-order valence-corrected chi connectivity index (χ0v) is 23.8. The summed E-state index contributed by atoms with van der Waals surface area (Å²) in [7, 11) is -2.84. The number of benzene rings is 3. The molecular weight excluding hydrogens is 527 g/mol. The normalized spacial score (nSPS) is 19.7. The maximum absolute atomic E-state index is 14.3. The van der Waals surface area contributed by atoms with Crippen LogP contribution in [0, 0.1) is 5.41 Å². The molecule has 0 radical (unpaired) electrons. The van der Waals surface area contributed by atoms with Crippen LogP contribution in [0.15, 0.2) is 102 Å². The molecule has 40 heavy (non-hydrogen) atoms. The average Bonchev–Trinajstić information content (AvgIpc) is 2.97. The van der Waals surface area contributed by atoms with E-state index in [1.54, 1.807) is 45.2 Å². The topological polar surface area (TPSA) is 88.1 Å². The van der Waals surface area contributed by atoms with Gasteiger partial charge in [-0.15, -0.1) is 0 Å². The molecule has 0 heterocycles. The van der Waals surface area contributed by atoms with Gasteiger partial charge in [0, 0.05) is 16.6 Å². The Morgan fingerprint density at radius 1 is 0.800 bits per heavy atom. The summed E-state index contributed by atoms with van der Waals surface area (Å²) in [5.74, 6) is -0.339. The van der Waals surface area contributed by atoms with Gasteiger partial charge >= 0.3 is 7.82 Å². The molecule has 3 aromatic rings. The van der Waals surface area contributed by atoms with E-state index >= 15 is 0 Å². The molecule has 0 fully saturated rings. The van der Waals surface area contributed by atoms with E-state index in [4.69, 9.17) is 18.3 Å². The molecule has 0 aromatic heterocycles. The van der Waals surface area contributed by atoms with Crippen LogP contribution in [0.25, 0.3) is 0 Å². The highest BCUT2D eigenvalue weighted by atomic mass is 31.2. The second-order valence-corrected chi connectivity index (χ2v) is 12.1. The third kappa shape index (κ3) is 5.08. The zero-order chi connectivity index (χ0) is 28.5. The summed E-state index contributed by atoms with van der Waals surface area (Å²) >= 11 is 0. The Labute approximate surface area is 234 Å². The highest BCUT2D eigenvalue weighted by molar-refractivity contribution is 7.48. The van der Waals surface area contributed by atoms with Gasteiger partial charge in [-0.3, -0.25) is 18.6 Å². The van der Waals surface area contributed by atoms with E-state index in [0.717, 1.165) is 11.1 Å². The lowest BCUT2D eigenvalue weighted by molar-refractivity contribution is -0.121. The van der Waals surface area contributed by atoms with E-state index in [1.165, 1.54) is 6.08 Å². The van der Waals surface area contributed by atoms with E-state index in [0.29, 0.717) is 22.4 Å². The lowest BCUT2D eigenvalue weighted by atomic mass is 9.57. The maximum atomic E-state index is 14.3. The molecule has 2 aliphatic rings. The number of ether oxygens (including phenoxy) is 1. The molecule has 0 N–H and O–H groups in total. The van der Waals surface area contributed by atoms with E-state index < -0.39 is 24.4 Å². The SMILES string of the molecule is COc1ccc2c(c1)C1(C)C=CC(=O)C(C)(C)C1=C(OP(=O)(OCc1ccccc1)OCc1ccccc1)C2=O. The number of allylic oxidation sites excluding steroid dienone is 4. The fourth-order valence-electron chi connectivity index (χ4n) is 5.31. The molecule has 7 nitrogen and oxygen atoms in total. The minimum Gasteiger partial charge on any atom is -0.497 e. The summed E-state index contributed by atoms with van der Waals surface area (Å²) in [5, 5.41) is 0. The summed E-state index contributed by atoms with van der Waals surface area (Å²) < 4.78 is 37.5. The molecule has 0 bridgehead atoms. The first-order chi connectivity index (χ1) is 19.1. The molecule has 0 aliphatic heterocycles. The van der Waals surface area contributed by atoms with Crippen LogP contribution in [0.3, 0.4) is 0 Å². The molecule has 8 heteroatoms. The number of phosphoric ester groups is 1. The molecule has 206 valence electrons. The van der Waals surface area contributed by atoms with Gasteiger partial charge in [-0.1, -0.05) is 66.7 Å². The van der Waals surface area contributed by atoms with Crippen molar-refractivity contribution in [3.8, 4) is 5.75 Å². The van der Waals surface area contributed by atoms with Gasteiger partial charge < -0.3 is 9.26 Å². The summed E-state index contributed by atoms with van der Waals surface area (Å²) in [4.78, 5) is 27.2. The maximum Gasteiger partial charge on any atom is 0.530 e. The third-order valence-corrected chi connectivity index (χ3v) is 8.76. The number of Topliss-reactive ketones (excluding diaryl/α,β-unsaturated/α-hetero) is 1. The lowest BCUT2D eigenvalue weighted by Crippen LogP contribution is -2.45. The number of hydrogen-bond donors (Lipinski definition) is 0. The number of carbonyl (C=O) groups is 2. The van der Waals surface area contributed by atoms with Gasteiger partial charge in [0.1, 0.15) is 5.75 Å². The first kappa shape index (κ1) is 27.8. The van der Waals surface area contributed by atoms with Crippen LogP contribution < -0.4 is 4.74 Å². The Hall–Kier alpha value is -3.77. The van der Waals surface area contributed by atoms with Gasteiger partial charge in [0.2, 0.25) is 5.78 Å². The second kappa shape index (κ2) is 10.7. The minimum absolute atomic E-state index is 0.0724.